The highest BCUT2D eigenvalue weighted by Crippen LogP contribution is 2.31. The minimum Gasteiger partial charge on any atom is -0.367 e. The fourth-order valence-electron chi connectivity index (χ4n) is 2.80. The summed E-state index contributed by atoms with van der Waals surface area (Å²) < 4.78 is 18.9. The van der Waals surface area contributed by atoms with Crippen molar-refractivity contribution in [3.8, 4) is 11.1 Å². The van der Waals surface area contributed by atoms with Crippen LogP contribution in [0.3, 0.4) is 0 Å². The topological polar surface area (TPSA) is 29.5 Å². The van der Waals surface area contributed by atoms with Crippen molar-refractivity contribution < 1.29 is 13.9 Å². The SMILES string of the molecule is CC(C)N1C(=O)COCc2cc(-c3cccc(F)c3)ccc21. The van der Waals surface area contributed by atoms with E-state index in [0.717, 1.165) is 22.4 Å². The highest BCUT2D eigenvalue weighted by Gasteiger charge is 2.25. The zero-order valence-corrected chi connectivity index (χ0v) is 12.7. The molecule has 2 aromatic rings. The van der Waals surface area contributed by atoms with Crippen LogP contribution in [-0.2, 0) is 16.1 Å². The highest BCUT2D eigenvalue weighted by molar-refractivity contribution is 5.96. The van der Waals surface area contributed by atoms with Crippen LogP contribution in [0.2, 0.25) is 0 Å². The summed E-state index contributed by atoms with van der Waals surface area (Å²) >= 11 is 0. The molecule has 1 aliphatic heterocycles. The van der Waals surface area contributed by atoms with Crippen LogP contribution >= 0.6 is 0 Å². The Hall–Kier alpha value is -2.20. The van der Waals surface area contributed by atoms with E-state index in [0.29, 0.717) is 6.61 Å². The van der Waals surface area contributed by atoms with Crippen molar-refractivity contribution in [3.05, 3.63) is 53.8 Å². The zero-order chi connectivity index (χ0) is 15.7. The van der Waals surface area contributed by atoms with Gasteiger partial charge < -0.3 is 9.64 Å². The second-order valence-corrected chi connectivity index (χ2v) is 5.70. The molecule has 0 aliphatic carbocycles. The van der Waals surface area contributed by atoms with E-state index in [1.165, 1.54) is 12.1 Å². The van der Waals surface area contributed by atoms with Gasteiger partial charge in [0.2, 0.25) is 0 Å². The number of hydrogen-bond acceptors (Lipinski definition) is 2. The predicted octanol–water partition coefficient (Wildman–Crippen LogP) is 3.76. The fraction of sp³-hybridized carbons (Fsp3) is 0.278. The smallest absolute Gasteiger partial charge is 0.253 e. The van der Waals surface area contributed by atoms with Crippen molar-refractivity contribution in [3.63, 3.8) is 0 Å². The Bertz CT molecular complexity index is 712. The first kappa shape index (κ1) is 14.7. The third kappa shape index (κ3) is 2.74. The molecule has 0 N–H and O–H groups in total. The zero-order valence-electron chi connectivity index (χ0n) is 12.7. The first-order chi connectivity index (χ1) is 10.6. The lowest BCUT2D eigenvalue weighted by atomic mass is 10.0. The number of nitrogens with zero attached hydrogens (tertiary/aromatic N) is 1. The Morgan fingerprint density at radius 3 is 2.59 bits per heavy atom. The van der Waals surface area contributed by atoms with Crippen LogP contribution < -0.4 is 4.90 Å². The van der Waals surface area contributed by atoms with Gasteiger partial charge in [-0.05, 0) is 49.2 Å². The average Bonchev–Trinajstić information content (AvgIpc) is 2.64. The second kappa shape index (κ2) is 5.89. The van der Waals surface area contributed by atoms with Gasteiger partial charge in [0.15, 0.2) is 0 Å². The number of carbonyl (C=O) groups is 1. The Balaban J connectivity index is 2.06. The second-order valence-electron chi connectivity index (χ2n) is 5.70. The number of amides is 1. The number of hydrogen-bond donors (Lipinski definition) is 0. The van der Waals surface area contributed by atoms with Crippen molar-refractivity contribution in [2.24, 2.45) is 0 Å². The molecular formula is C18H18FNO2. The van der Waals surface area contributed by atoms with Crippen LogP contribution in [0.25, 0.3) is 11.1 Å². The van der Waals surface area contributed by atoms with Gasteiger partial charge in [0.1, 0.15) is 12.4 Å². The molecular weight excluding hydrogens is 281 g/mol. The molecule has 4 heteroatoms. The standard InChI is InChI=1S/C18H18FNO2/c1-12(2)20-17-7-6-14(13-4-3-5-16(19)9-13)8-15(17)10-22-11-18(20)21/h3-9,12H,10-11H2,1-2H3. The molecule has 0 bridgehead atoms. The summed E-state index contributed by atoms with van der Waals surface area (Å²) in [5, 5.41) is 0. The fourth-order valence-corrected chi connectivity index (χ4v) is 2.80. The molecule has 114 valence electrons. The quantitative estimate of drug-likeness (QED) is 0.845. The number of benzene rings is 2. The monoisotopic (exact) mass is 299 g/mol. The summed E-state index contributed by atoms with van der Waals surface area (Å²) in [6.07, 6.45) is 0. The molecule has 0 saturated heterocycles. The molecule has 22 heavy (non-hydrogen) atoms. The summed E-state index contributed by atoms with van der Waals surface area (Å²) in [4.78, 5) is 13.9. The van der Waals surface area contributed by atoms with Crippen LogP contribution in [0.5, 0.6) is 0 Å². The van der Waals surface area contributed by atoms with Crippen LogP contribution in [-0.4, -0.2) is 18.6 Å². The number of ether oxygens (including phenoxy) is 1. The van der Waals surface area contributed by atoms with Crippen molar-refractivity contribution in [1.29, 1.82) is 0 Å². The van der Waals surface area contributed by atoms with Gasteiger partial charge >= 0.3 is 0 Å². The molecule has 0 unspecified atom stereocenters. The van der Waals surface area contributed by atoms with Crippen molar-refractivity contribution in [2.75, 3.05) is 11.5 Å². The van der Waals surface area contributed by atoms with Gasteiger partial charge in [0, 0.05) is 17.3 Å². The van der Waals surface area contributed by atoms with Gasteiger partial charge in [-0.2, -0.15) is 0 Å². The molecule has 1 heterocycles. The van der Waals surface area contributed by atoms with Crippen LogP contribution in [0.15, 0.2) is 42.5 Å². The molecule has 0 spiro atoms. The number of anilines is 1. The van der Waals surface area contributed by atoms with Gasteiger partial charge in [-0.1, -0.05) is 18.2 Å². The van der Waals surface area contributed by atoms with E-state index in [2.05, 4.69) is 0 Å². The Kier molecular flexibility index (Phi) is 3.94. The third-order valence-electron chi connectivity index (χ3n) is 3.77. The molecule has 0 fully saturated rings. The Morgan fingerprint density at radius 2 is 1.86 bits per heavy atom. The van der Waals surface area contributed by atoms with Gasteiger partial charge in [-0.15, -0.1) is 0 Å². The minimum absolute atomic E-state index is 0.0349. The van der Waals surface area contributed by atoms with E-state index < -0.39 is 0 Å². The van der Waals surface area contributed by atoms with Gasteiger partial charge in [0.25, 0.3) is 5.91 Å². The number of halogens is 1. The lowest BCUT2D eigenvalue weighted by molar-refractivity contribution is -0.123. The minimum atomic E-state index is -0.261. The van der Waals surface area contributed by atoms with Gasteiger partial charge in [-0.25, -0.2) is 4.39 Å². The first-order valence-corrected chi connectivity index (χ1v) is 7.35. The lowest BCUT2D eigenvalue weighted by Gasteiger charge is -2.26. The first-order valence-electron chi connectivity index (χ1n) is 7.35. The predicted molar refractivity (Wildman–Crippen MR) is 84.1 cm³/mol. The van der Waals surface area contributed by atoms with Crippen LogP contribution in [0.4, 0.5) is 10.1 Å². The van der Waals surface area contributed by atoms with E-state index in [4.69, 9.17) is 4.74 Å². The van der Waals surface area contributed by atoms with Gasteiger partial charge in [-0.3, -0.25) is 4.79 Å². The Labute approximate surface area is 129 Å². The van der Waals surface area contributed by atoms with E-state index in [1.807, 2.05) is 38.1 Å². The molecule has 3 nitrogen and oxygen atoms in total. The molecule has 3 rings (SSSR count). The molecule has 0 aromatic heterocycles. The summed E-state index contributed by atoms with van der Waals surface area (Å²) in [5.74, 6) is -0.296. The number of fused-ring (bicyclic) bond motifs is 1. The normalized spacial score (nSPS) is 14.9. The number of rotatable bonds is 2. The van der Waals surface area contributed by atoms with E-state index in [1.54, 1.807) is 11.0 Å². The maximum Gasteiger partial charge on any atom is 0.253 e. The Morgan fingerprint density at radius 1 is 1.09 bits per heavy atom. The third-order valence-corrected chi connectivity index (χ3v) is 3.77. The highest BCUT2D eigenvalue weighted by atomic mass is 19.1. The summed E-state index contributed by atoms with van der Waals surface area (Å²) in [5.41, 5.74) is 3.55. The summed E-state index contributed by atoms with van der Waals surface area (Å²) in [6, 6.07) is 12.4. The summed E-state index contributed by atoms with van der Waals surface area (Å²) in [7, 11) is 0. The molecule has 1 amide bonds. The van der Waals surface area contributed by atoms with E-state index >= 15 is 0 Å². The van der Waals surface area contributed by atoms with Crippen molar-refractivity contribution >= 4 is 11.6 Å². The van der Waals surface area contributed by atoms with Crippen LogP contribution in [0, 0.1) is 5.82 Å². The van der Waals surface area contributed by atoms with E-state index in [-0.39, 0.29) is 24.4 Å². The van der Waals surface area contributed by atoms with Crippen molar-refractivity contribution in [1.82, 2.24) is 0 Å². The maximum absolute atomic E-state index is 13.4. The van der Waals surface area contributed by atoms with Crippen molar-refractivity contribution in [2.45, 2.75) is 26.5 Å². The van der Waals surface area contributed by atoms with E-state index in [9.17, 15) is 9.18 Å². The lowest BCUT2D eigenvalue weighted by Crippen LogP contribution is -2.38. The molecule has 0 radical (unpaired) electrons. The summed E-state index contributed by atoms with van der Waals surface area (Å²) in [6.45, 7) is 4.43. The average molecular weight is 299 g/mol. The van der Waals surface area contributed by atoms with Gasteiger partial charge in [0.05, 0.1) is 6.61 Å². The number of carbonyl (C=O) groups excluding carboxylic acids is 1. The molecule has 2 aromatic carbocycles. The van der Waals surface area contributed by atoms with Crippen LogP contribution in [0.1, 0.15) is 19.4 Å². The molecule has 0 atom stereocenters. The maximum atomic E-state index is 13.4. The molecule has 1 aliphatic rings. The largest absolute Gasteiger partial charge is 0.367 e. The molecule has 0 saturated carbocycles.